The van der Waals surface area contributed by atoms with Crippen LogP contribution in [-0.4, -0.2) is 64.7 Å². The summed E-state index contributed by atoms with van der Waals surface area (Å²) in [5, 5.41) is 9.05. The lowest BCUT2D eigenvalue weighted by molar-refractivity contribution is -0.139. The molecule has 0 heterocycles. The van der Waals surface area contributed by atoms with Gasteiger partial charge in [0.15, 0.2) is 0 Å². The molecule has 0 radical (unpaired) electrons. The zero-order valence-corrected chi connectivity index (χ0v) is 17.0. The Kier molecular flexibility index (Phi) is 11.7. The van der Waals surface area contributed by atoms with Gasteiger partial charge in [0.1, 0.15) is 18.7 Å². The normalized spacial score (nSPS) is 11.1. The lowest BCUT2D eigenvalue weighted by Gasteiger charge is -2.29. The highest BCUT2D eigenvalue weighted by Gasteiger charge is 2.27. The molecule has 0 aliphatic rings. The predicted molar refractivity (Wildman–Crippen MR) is 101 cm³/mol. The molecule has 0 atom stereocenters. The minimum atomic E-state index is -1.17. The number of hydrogen-bond donors (Lipinski definition) is 1. The maximum Gasteiger partial charge on any atom is 0.411 e. The van der Waals surface area contributed by atoms with Crippen LogP contribution in [0.15, 0.2) is 0 Å². The fourth-order valence-electron chi connectivity index (χ4n) is 2.40. The van der Waals surface area contributed by atoms with E-state index in [-0.39, 0.29) is 12.5 Å². The van der Waals surface area contributed by atoms with E-state index < -0.39 is 24.2 Å². The highest BCUT2D eigenvalue weighted by Crippen LogP contribution is 2.11. The quantitative estimate of drug-likeness (QED) is 0.530. The van der Waals surface area contributed by atoms with Crippen LogP contribution in [0.2, 0.25) is 0 Å². The summed E-state index contributed by atoms with van der Waals surface area (Å²) < 4.78 is 5.23. The first-order chi connectivity index (χ1) is 12.1. The molecule has 0 bridgehead atoms. The number of unbranched alkanes of at least 4 members (excludes halogenated alkanes) is 4. The number of carboxylic acid groups (broad SMARTS) is 1. The predicted octanol–water partition coefficient (Wildman–Crippen LogP) is 3.52. The van der Waals surface area contributed by atoms with Crippen molar-refractivity contribution in [1.82, 2.24) is 9.80 Å². The third kappa shape index (κ3) is 11.7. The molecule has 7 heteroatoms. The molecule has 26 heavy (non-hydrogen) atoms. The molecule has 152 valence electrons. The van der Waals surface area contributed by atoms with E-state index in [0.717, 1.165) is 43.4 Å². The Morgan fingerprint density at radius 3 is 1.73 bits per heavy atom. The second-order valence-corrected chi connectivity index (χ2v) is 7.53. The molecule has 0 aromatic carbocycles. The third-order valence-corrected chi connectivity index (χ3v) is 3.72. The van der Waals surface area contributed by atoms with Crippen molar-refractivity contribution < 1.29 is 24.2 Å². The zero-order chi connectivity index (χ0) is 20.2. The molecule has 7 nitrogen and oxygen atoms in total. The van der Waals surface area contributed by atoms with Crippen LogP contribution < -0.4 is 0 Å². The fourth-order valence-corrected chi connectivity index (χ4v) is 2.40. The number of hydrogen-bond acceptors (Lipinski definition) is 4. The van der Waals surface area contributed by atoms with Crippen LogP contribution in [0.3, 0.4) is 0 Å². The van der Waals surface area contributed by atoms with E-state index in [9.17, 15) is 14.4 Å². The van der Waals surface area contributed by atoms with Gasteiger partial charge in [-0.25, -0.2) is 4.79 Å². The van der Waals surface area contributed by atoms with Crippen molar-refractivity contribution in [1.29, 1.82) is 0 Å². The third-order valence-electron chi connectivity index (χ3n) is 3.72. The summed E-state index contributed by atoms with van der Waals surface area (Å²) in [6.45, 7) is 9.73. The molecule has 0 aliphatic heterocycles. The van der Waals surface area contributed by atoms with Crippen LogP contribution in [0.1, 0.15) is 73.1 Å². The summed E-state index contributed by atoms with van der Waals surface area (Å²) in [5.41, 5.74) is -0.751. The first-order valence-electron chi connectivity index (χ1n) is 9.58. The smallest absolute Gasteiger partial charge is 0.411 e. The van der Waals surface area contributed by atoms with Gasteiger partial charge >= 0.3 is 12.1 Å². The maximum absolute atomic E-state index is 12.7. The van der Waals surface area contributed by atoms with Gasteiger partial charge in [0.05, 0.1) is 0 Å². The molecule has 2 amide bonds. The van der Waals surface area contributed by atoms with Crippen LogP contribution in [-0.2, 0) is 14.3 Å². The van der Waals surface area contributed by atoms with Gasteiger partial charge in [-0.2, -0.15) is 0 Å². The molecule has 0 spiro atoms. The summed E-state index contributed by atoms with van der Waals surface area (Å²) in [6, 6.07) is 0. The van der Waals surface area contributed by atoms with Crippen LogP contribution in [0, 0.1) is 0 Å². The lowest BCUT2D eigenvalue weighted by Crippen LogP contribution is -2.47. The van der Waals surface area contributed by atoms with Gasteiger partial charge < -0.3 is 14.7 Å². The second-order valence-electron chi connectivity index (χ2n) is 7.53. The summed E-state index contributed by atoms with van der Waals surface area (Å²) in [4.78, 5) is 38.7. The molecule has 1 N–H and O–H groups in total. The number of ether oxygens (including phenoxy) is 1. The number of rotatable bonds is 12. The minimum Gasteiger partial charge on any atom is -0.480 e. The van der Waals surface area contributed by atoms with Crippen molar-refractivity contribution in [3.63, 3.8) is 0 Å². The Labute approximate surface area is 157 Å². The number of carbonyl (C=O) groups is 3. The van der Waals surface area contributed by atoms with Crippen LogP contribution >= 0.6 is 0 Å². The van der Waals surface area contributed by atoms with Crippen molar-refractivity contribution >= 4 is 18.0 Å². The van der Waals surface area contributed by atoms with Crippen molar-refractivity contribution in [3.05, 3.63) is 0 Å². The monoisotopic (exact) mass is 372 g/mol. The van der Waals surface area contributed by atoms with Crippen molar-refractivity contribution in [2.45, 2.75) is 78.7 Å². The Hall–Kier alpha value is -1.79. The maximum atomic E-state index is 12.7. The van der Waals surface area contributed by atoms with Crippen LogP contribution in [0.5, 0.6) is 0 Å². The Bertz CT molecular complexity index is 436. The molecular formula is C19H36N2O5. The van der Waals surface area contributed by atoms with E-state index in [2.05, 4.69) is 13.8 Å². The summed E-state index contributed by atoms with van der Waals surface area (Å²) >= 11 is 0. The number of nitrogens with zero attached hydrogens (tertiary/aromatic N) is 2. The highest BCUT2D eigenvalue weighted by molar-refractivity contribution is 5.84. The van der Waals surface area contributed by atoms with Crippen molar-refractivity contribution in [2.75, 3.05) is 26.2 Å². The topological polar surface area (TPSA) is 87.2 Å². The van der Waals surface area contributed by atoms with Gasteiger partial charge in [-0.3, -0.25) is 14.5 Å². The van der Waals surface area contributed by atoms with E-state index >= 15 is 0 Å². The summed E-state index contributed by atoms with van der Waals surface area (Å²) in [6.07, 6.45) is 5.19. The highest BCUT2D eigenvalue weighted by atomic mass is 16.6. The van der Waals surface area contributed by atoms with E-state index in [1.54, 1.807) is 25.7 Å². The minimum absolute atomic E-state index is 0.232. The molecule has 0 aromatic heterocycles. The van der Waals surface area contributed by atoms with Gasteiger partial charge in [0.2, 0.25) is 5.91 Å². The van der Waals surface area contributed by atoms with Gasteiger partial charge in [0, 0.05) is 13.1 Å². The molecule has 0 aliphatic carbocycles. The average molecular weight is 373 g/mol. The van der Waals surface area contributed by atoms with Gasteiger partial charge in [-0.05, 0) is 33.6 Å². The summed E-state index contributed by atoms with van der Waals surface area (Å²) in [5.74, 6) is -1.41. The van der Waals surface area contributed by atoms with Gasteiger partial charge in [-0.15, -0.1) is 0 Å². The number of amides is 2. The zero-order valence-electron chi connectivity index (χ0n) is 17.0. The number of aliphatic carboxylic acids is 1. The van der Waals surface area contributed by atoms with Crippen molar-refractivity contribution in [3.8, 4) is 0 Å². The fraction of sp³-hybridized carbons (Fsp3) is 0.842. The average Bonchev–Trinajstić information content (AvgIpc) is 2.50. The molecular weight excluding hydrogens is 336 g/mol. The lowest BCUT2D eigenvalue weighted by atomic mass is 10.2. The number of carbonyl (C=O) groups excluding carboxylic acids is 2. The van der Waals surface area contributed by atoms with E-state index in [4.69, 9.17) is 9.84 Å². The largest absolute Gasteiger partial charge is 0.480 e. The first kappa shape index (κ1) is 24.2. The second kappa shape index (κ2) is 12.5. The molecule has 0 fully saturated rings. The Morgan fingerprint density at radius 1 is 0.846 bits per heavy atom. The molecule has 0 rings (SSSR count). The summed E-state index contributed by atoms with van der Waals surface area (Å²) in [7, 11) is 0. The SMILES string of the molecule is CCCCCN(CCCCC)C(=O)CN(CC(=O)O)C(=O)OC(C)(C)C. The molecule has 0 aromatic rings. The van der Waals surface area contributed by atoms with Crippen molar-refractivity contribution in [2.24, 2.45) is 0 Å². The molecule has 0 saturated carbocycles. The number of carboxylic acids is 1. The molecule has 0 unspecified atom stereocenters. The van der Waals surface area contributed by atoms with Gasteiger partial charge in [0.25, 0.3) is 0 Å². The van der Waals surface area contributed by atoms with Gasteiger partial charge in [-0.1, -0.05) is 39.5 Å². The van der Waals surface area contributed by atoms with E-state index in [1.807, 2.05) is 0 Å². The van der Waals surface area contributed by atoms with E-state index in [0.29, 0.717) is 13.1 Å². The Morgan fingerprint density at radius 2 is 1.35 bits per heavy atom. The standard InChI is InChI=1S/C19H36N2O5/c1-6-8-10-12-20(13-11-9-7-2)16(22)14-21(15-17(23)24)18(25)26-19(3,4)5/h6-15H2,1-5H3,(H,23,24). The Balaban J connectivity index is 4.98. The molecule has 0 saturated heterocycles. The first-order valence-corrected chi connectivity index (χ1v) is 9.58. The van der Waals surface area contributed by atoms with Crippen LogP contribution in [0.4, 0.5) is 4.79 Å². The van der Waals surface area contributed by atoms with Crippen LogP contribution in [0.25, 0.3) is 0 Å². The van der Waals surface area contributed by atoms with E-state index in [1.165, 1.54) is 0 Å².